The molecule has 6 aromatic carbocycles. The summed E-state index contributed by atoms with van der Waals surface area (Å²) in [6.07, 6.45) is -1.79. The van der Waals surface area contributed by atoms with Crippen LogP contribution in [0.2, 0.25) is 0 Å². The third-order valence-corrected chi connectivity index (χ3v) is 13.0. The van der Waals surface area contributed by atoms with E-state index in [4.69, 9.17) is 9.47 Å². The minimum absolute atomic E-state index is 0.0569. The number of ether oxygens (including phenoxy) is 2. The van der Waals surface area contributed by atoms with Gasteiger partial charge in [0.05, 0.1) is 29.4 Å². The Morgan fingerprint density at radius 2 is 1.48 bits per heavy atom. The number of aromatic nitrogens is 4. The molecule has 62 heavy (non-hydrogen) atoms. The Bertz CT molecular complexity index is 2690. The van der Waals surface area contributed by atoms with Crippen LogP contribution in [0.25, 0.3) is 5.69 Å². The number of nitrogens with one attached hydrogen (secondary N) is 2. The lowest BCUT2D eigenvalue weighted by Gasteiger charge is -2.43. The highest BCUT2D eigenvalue weighted by Gasteiger charge is 2.42. The van der Waals surface area contributed by atoms with Crippen molar-refractivity contribution in [3.63, 3.8) is 0 Å². The van der Waals surface area contributed by atoms with Crippen molar-refractivity contribution in [2.75, 3.05) is 11.1 Å². The van der Waals surface area contributed by atoms with Crippen LogP contribution < -0.4 is 10.0 Å². The number of anilines is 1. The van der Waals surface area contributed by atoms with E-state index in [0.29, 0.717) is 27.8 Å². The normalized spacial score (nSPS) is 18.2. The summed E-state index contributed by atoms with van der Waals surface area (Å²) in [4.78, 5) is 14.2. The summed E-state index contributed by atoms with van der Waals surface area (Å²) in [5.74, 6) is -0.318. The molecule has 1 saturated heterocycles. The maximum Gasteiger partial charge on any atom is 0.242 e. The molecule has 5 atom stereocenters. The molecule has 0 radical (unpaired) electrons. The van der Waals surface area contributed by atoms with Crippen LogP contribution >= 0.6 is 11.8 Å². The van der Waals surface area contributed by atoms with E-state index in [1.54, 1.807) is 59.3 Å². The molecular weight excluding hydrogens is 825 g/mol. The minimum Gasteiger partial charge on any atom is -0.508 e. The van der Waals surface area contributed by atoms with Gasteiger partial charge in [-0.15, -0.1) is 5.10 Å². The molecule has 1 aliphatic heterocycles. The summed E-state index contributed by atoms with van der Waals surface area (Å²) in [7, 11) is -4.06. The third-order valence-electron chi connectivity index (χ3n) is 10.5. The van der Waals surface area contributed by atoms with Crippen LogP contribution in [-0.4, -0.2) is 62.6 Å². The lowest BCUT2D eigenvalue weighted by atomic mass is 9.84. The van der Waals surface area contributed by atoms with Gasteiger partial charge in [0.1, 0.15) is 11.8 Å². The molecule has 7 aromatic rings. The first-order valence-electron chi connectivity index (χ1n) is 19.9. The Labute approximate surface area is 363 Å². The van der Waals surface area contributed by atoms with Crippen molar-refractivity contribution < 1.29 is 32.9 Å². The van der Waals surface area contributed by atoms with Crippen molar-refractivity contribution >= 4 is 33.4 Å². The average Bonchev–Trinajstić information content (AvgIpc) is 3.77. The number of thioether (sulfide) groups is 1. The summed E-state index contributed by atoms with van der Waals surface area (Å²) in [6, 6.07) is 45.9. The number of phenols is 1. The predicted octanol–water partition coefficient (Wildman–Crippen LogP) is 7.43. The number of aryl methyl sites for hydroxylation is 1. The van der Waals surface area contributed by atoms with E-state index in [1.165, 1.54) is 23.9 Å². The molecule has 0 saturated carbocycles. The Morgan fingerprint density at radius 3 is 2.19 bits per heavy atom. The number of carbonyl (C=O) groups excluding carboxylic acids is 1. The number of phenolic OH excluding ortho intramolecular Hbond substituents is 1. The van der Waals surface area contributed by atoms with Crippen molar-refractivity contribution in [1.82, 2.24) is 24.9 Å². The number of hydrogen-bond donors (Lipinski definition) is 4. The van der Waals surface area contributed by atoms with Gasteiger partial charge >= 0.3 is 0 Å². The van der Waals surface area contributed by atoms with Crippen LogP contribution in [0.5, 0.6) is 5.75 Å². The van der Waals surface area contributed by atoms with Crippen LogP contribution in [0.1, 0.15) is 51.7 Å². The lowest BCUT2D eigenvalue weighted by Crippen LogP contribution is -2.45. The molecule has 8 rings (SSSR count). The zero-order valence-electron chi connectivity index (χ0n) is 33.6. The number of nitrogens with zero attached hydrogens (tertiary/aromatic N) is 4. The first-order chi connectivity index (χ1) is 30.1. The highest BCUT2D eigenvalue weighted by molar-refractivity contribution is 7.99. The highest BCUT2D eigenvalue weighted by Crippen LogP contribution is 2.48. The third kappa shape index (κ3) is 10.1. The largest absolute Gasteiger partial charge is 0.508 e. The molecule has 0 spiro atoms. The highest BCUT2D eigenvalue weighted by atomic mass is 32.2. The van der Waals surface area contributed by atoms with Gasteiger partial charge in [0.25, 0.3) is 0 Å². The van der Waals surface area contributed by atoms with Gasteiger partial charge in [-0.3, -0.25) is 4.79 Å². The standard InChI is InChI=1S/C47H44N6O7S2/c1-31-15-25-40(26-16-31)62(57,58)50-41(27-32-9-4-2-5-10-32)45(56)48-37-14-8-13-36(28-37)46-59-42(30-61-47-49-51-52-53(47)38-21-23-39(55)24-22-38)43(34-11-6-3-7-12-34)44(60-46)35-19-17-33(29-54)18-20-35/h2-26,28,41-44,46,50,54-55H,27,29-30H2,1H3,(H,48,56)/t41-,42-,43-,44+,46?/m1/s1. The fraction of sp³-hybridized carbons (Fsp3) is 0.191. The van der Waals surface area contributed by atoms with Crippen LogP contribution in [0.4, 0.5) is 5.69 Å². The summed E-state index contributed by atoms with van der Waals surface area (Å²) in [6.45, 7) is 1.77. The first-order valence-corrected chi connectivity index (χ1v) is 22.4. The Balaban J connectivity index is 1.10. The molecule has 1 unspecified atom stereocenters. The molecule has 316 valence electrons. The fourth-order valence-electron chi connectivity index (χ4n) is 7.34. The van der Waals surface area contributed by atoms with Crippen molar-refractivity contribution in [1.29, 1.82) is 0 Å². The van der Waals surface area contributed by atoms with Gasteiger partial charge in [-0.05, 0) is 94.6 Å². The van der Waals surface area contributed by atoms with E-state index in [-0.39, 0.29) is 29.6 Å². The Kier molecular flexibility index (Phi) is 13.2. The van der Waals surface area contributed by atoms with Crippen molar-refractivity contribution in [2.24, 2.45) is 0 Å². The van der Waals surface area contributed by atoms with Crippen molar-refractivity contribution in [3.8, 4) is 11.4 Å². The Morgan fingerprint density at radius 1 is 0.790 bits per heavy atom. The van der Waals surface area contributed by atoms with E-state index in [2.05, 4.69) is 25.6 Å². The average molecular weight is 869 g/mol. The molecule has 2 heterocycles. The van der Waals surface area contributed by atoms with Gasteiger partial charge < -0.3 is 25.0 Å². The predicted molar refractivity (Wildman–Crippen MR) is 235 cm³/mol. The minimum atomic E-state index is -4.06. The van der Waals surface area contributed by atoms with Gasteiger partial charge in [0.15, 0.2) is 6.29 Å². The molecule has 1 aromatic heterocycles. The zero-order valence-corrected chi connectivity index (χ0v) is 35.2. The first kappa shape index (κ1) is 42.5. The van der Waals surface area contributed by atoms with Crippen LogP contribution in [0.15, 0.2) is 168 Å². The zero-order chi connectivity index (χ0) is 43.1. The van der Waals surface area contributed by atoms with Gasteiger partial charge in [-0.2, -0.15) is 9.40 Å². The summed E-state index contributed by atoms with van der Waals surface area (Å²) in [5.41, 5.74) is 6.03. The van der Waals surface area contributed by atoms with Gasteiger partial charge in [0.2, 0.25) is 21.1 Å². The molecule has 1 fully saturated rings. The molecule has 0 bridgehead atoms. The molecule has 1 amide bonds. The van der Waals surface area contributed by atoms with Gasteiger partial charge in [-0.1, -0.05) is 127 Å². The second-order valence-corrected chi connectivity index (χ2v) is 17.6. The second kappa shape index (κ2) is 19.2. The smallest absolute Gasteiger partial charge is 0.242 e. The number of aromatic hydroxyl groups is 1. The van der Waals surface area contributed by atoms with Gasteiger partial charge in [-0.25, -0.2) is 8.42 Å². The maximum absolute atomic E-state index is 14.1. The van der Waals surface area contributed by atoms with Crippen LogP contribution in [-0.2, 0) is 37.3 Å². The molecule has 1 aliphatic rings. The van der Waals surface area contributed by atoms with Gasteiger partial charge in [0, 0.05) is 22.9 Å². The number of tetrazole rings is 1. The van der Waals surface area contributed by atoms with Crippen LogP contribution in [0.3, 0.4) is 0 Å². The number of amides is 1. The molecule has 13 nitrogen and oxygen atoms in total. The molecule has 15 heteroatoms. The summed E-state index contributed by atoms with van der Waals surface area (Å²) < 4.78 is 45.2. The summed E-state index contributed by atoms with van der Waals surface area (Å²) >= 11 is 1.41. The van der Waals surface area contributed by atoms with E-state index in [0.717, 1.165) is 27.8 Å². The van der Waals surface area contributed by atoms with E-state index >= 15 is 0 Å². The molecule has 0 aliphatic carbocycles. The number of benzene rings is 6. The number of sulfonamides is 1. The Hall–Kier alpha value is -6.20. The SMILES string of the molecule is Cc1ccc(S(=O)(=O)N[C@H](Cc2ccccc2)C(=O)Nc2cccc(C3O[C@H](CSc4nnnn4-c4ccc(O)cc4)[C@@H](c4ccccc4)[C@H](c4ccc(CO)cc4)O3)c2)cc1. The monoisotopic (exact) mass is 868 g/mol. The summed E-state index contributed by atoms with van der Waals surface area (Å²) in [5, 5.41) is 35.6. The van der Waals surface area contributed by atoms with Crippen molar-refractivity contribution in [3.05, 3.63) is 191 Å². The van der Waals surface area contributed by atoms with Crippen LogP contribution in [0, 0.1) is 6.92 Å². The van der Waals surface area contributed by atoms with E-state index < -0.39 is 40.5 Å². The lowest BCUT2D eigenvalue weighted by molar-refractivity contribution is -0.255. The second-order valence-electron chi connectivity index (χ2n) is 14.9. The van der Waals surface area contributed by atoms with Crippen molar-refractivity contribution in [2.45, 2.75) is 60.5 Å². The number of hydrogen-bond acceptors (Lipinski definition) is 11. The number of rotatable bonds is 15. The molecular formula is C47H44N6O7S2. The number of aliphatic hydroxyl groups excluding tert-OH is 1. The quantitative estimate of drug-likeness (QED) is 0.0754. The molecule has 4 N–H and O–H groups in total. The fourth-order valence-corrected chi connectivity index (χ4v) is 9.49. The number of carbonyl (C=O) groups is 1. The van der Waals surface area contributed by atoms with E-state index in [9.17, 15) is 23.4 Å². The maximum atomic E-state index is 14.1. The number of aliphatic hydroxyl groups is 1. The van der Waals surface area contributed by atoms with E-state index in [1.807, 2.05) is 97.9 Å². The topological polar surface area (TPSA) is 178 Å².